The van der Waals surface area contributed by atoms with Crippen molar-refractivity contribution in [2.45, 2.75) is 19.1 Å². The van der Waals surface area contributed by atoms with Crippen molar-refractivity contribution in [2.75, 3.05) is 7.05 Å². The zero-order valence-electron chi connectivity index (χ0n) is 10.7. The van der Waals surface area contributed by atoms with E-state index < -0.39 is 0 Å². The zero-order valence-corrected chi connectivity index (χ0v) is 10.7. The van der Waals surface area contributed by atoms with Crippen molar-refractivity contribution in [2.24, 2.45) is 0 Å². The first-order valence-electron chi connectivity index (χ1n) is 6.11. The Kier molecular flexibility index (Phi) is 4.31. The Labute approximate surface area is 108 Å². The highest BCUT2D eigenvalue weighted by atomic mass is 16.5. The predicted octanol–water partition coefficient (Wildman–Crippen LogP) is 2.81. The quantitative estimate of drug-likeness (QED) is 0.875. The summed E-state index contributed by atoms with van der Waals surface area (Å²) in [6.45, 7) is 2.10. The van der Waals surface area contributed by atoms with E-state index in [0.29, 0.717) is 5.88 Å². The van der Waals surface area contributed by atoms with Gasteiger partial charge in [-0.15, -0.1) is 0 Å². The molecule has 0 radical (unpaired) electrons. The summed E-state index contributed by atoms with van der Waals surface area (Å²) in [6, 6.07) is 16.1. The molecule has 0 saturated carbocycles. The van der Waals surface area contributed by atoms with Gasteiger partial charge in [0.05, 0.1) is 0 Å². The van der Waals surface area contributed by atoms with Crippen LogP contribution < -0.4 is 10.1 Å². The molecular weight excluding hydrogens is 224 g/mol. The van der Waals surface area contributed by atoms with Crippen LogP contribution in [0.25, 0.3) is 0 Å². The number of likely N-dealkylation sites (N-methyl/N-ethyl adjacent to an activating group) is 1. The van der Waals surface area contributed by atoms with Crippen LogP contribution in [-0.4, -0.2) is 18.1 Å². The van der Waals surface area contributed by atoms with Gasteiger partial charge in [-0.05, 0) is 25.6 Å². The van der Waals surface area contributed by atoms with E-state index in [9.17, 15) is 0 Å². The molecule has 0 aliphatic rings. The third-order valence-corrected chi connectivity index (χ3v) is 2.92. The lowest BCUT2D eigenvalue weighted by Gasteiger charge is -2.24. The van der Waals surface area contributed by atoms with Gasteiger partial charge in [0.25, 0.3) is 0 Å². The molecule has 0 aliphatic carbocycles. The van der Waals surface area contributed by atoms with Gasteiger partial charge in [0.1, 0.15) is 6.10 Å². The lowest BCUT2D eigenvalue weighted by Crippen LogP contribution is -2.32. The molecule has 1 N–H and O–H groups in total. The van der Waals surface area contributed by atoms with E-state index >= 15 is 0 Å². The summed E-state index contributed by atoms with van der Waals surface area (Å²) in [7, 11) is 1.93. The topological polar surface area (TPSA) is 34.1 Å². The molecule has 3 heteroatoms. The van der Waals surface area contributed by atoms with Crippen LogP contribution in [0.2, 0.25) is 0 Å². The van der Waals surface area contributed by atoms with E-state index in [-0.39, 0.29) is 12.1 Å². The first kappa shape index (κ1) is 12.6. The average molecular weight is 242 g/mol. The van der Waals surface area contributed by atoms with Crippen molar-refractivity contribution in [3.63, 3.8) is 0 Å². The van der Waals surface area contributed by atoms with Crippen molar-refractivity contribution >= 4 is 0 Å². The van der Waals surface area contributed by atoms with E-state index in [0.717, 1.165) is 5.56 Å². The third kappa shape index (κ3) is 3.08. The largest absolute Gasteiger partial charge is 0.468 e. The van der Waals surface area contributed by atoms with E-state index in [1.165, 1.54) is 0 Å². The van der Waals surface area contributed by atoms with Crippen molar-refractivity contribution < 1.29 is 4.74 Å². The Balaban J connectivity index is 2.21. The molecule has 2 rings (SSSR count). The third-order valence-electron chi connectivity index (χ3n) is 2.92. The summed E-state index contributed by atoms with van der Waals surface area (Å²) < 4.78 is 5.98. The molecule has 0 aliphatic heterocycles. The molecule has 0 unspecified atom stereocenters. The molecule has 2 aromatic rings. The smallest absolute Gasteiger partial charge is 0.213 e. The standard InChI is InChI=1S/C15H18N2O/c1-12(16-2)15(13-8-4-3-5-9-13)18-14-10-6-7-11-17-14/h3-12,15-16H,1-2H3/t12-,15+/m0/s1. The number of hydrogen-bond donors (Lipinski definition) is 1. The number of aromatic nitrogens is 1. The van der Waals surface area contributed by atoms with E-state index in [2.05, 4.69) is 29.4 Å². The van der Waals surface area contributed by atoms with Crippen LogP contribution in [-0.2, 0) is 0 Å². The van der Waals surface area contributed by atoms with Crippen LogP contribution in [0.15, 0.2) is 54.7 Å². The minimum Gasteiger partial charge on any atom is -0.468 e. The minimum absolute atomic E-state index is 0.0499. The minimum atomic E-state index is -0.0499. The lowest BCUT2D eigenvalue weighted by atomic mass is 10.0. The number of pyridine rings is 1. The van der Waals surface area contributed by atoms with Crippen LogP contribution in [0.5, 0.6) is 5.88 Å². The first-order valence-corrected chi connectivity index (χ1v) is 6.11. The van der Waals surface area contributed by atoms with Crippen LogP contribution in [0, 0.1) is 0 Å². The average Bonchev–Trinajstić information content (AvgIpc) is 2.46. The fourth-order valence-electron chi connectivity index (χ4n) is 1.80. The molecule has 94 valence electrons. The second kappa shape index (κ2) is 6.17. The molecule has 0 saturated heterocycles. The van der Waals surface area contributed by atoms with Crippen LogP contribution >= 0.6 is 0 Å². The number of hydrogen-bond acceptors (Lipinski definition) is 3. The maximum Gasteiger partial charge on any atom is 0.213 e. The number of benzene rings is 1. The SMILES string of the molecule is CN[C@@H](C)[C@@H](Oc1ccccn1)c1ccccc1. The summed E-state index contributed by atoms with van der Waals surface area (Å²) in [5, 5.41) is 3.23. The summed E-state index contributed by atoms with van der Waals surface area (Å²) in [4.78, 5) is 4.21. The molecule has 1 aromatic carbocycles. The highest BCUT2D eigenvalue weighted by Gasteiger charge is 2.20. The van der Waals surface area contributed by atoms with Crippen LogP contribution in [0.4, 0.5) is 0 Å². The molecule has 1 heterocycles. The van der Waals surface area contributed by atoms with Gasteiger partial charge < -0.3 is 10.1 Å². The first-order chi connectivity index (χ1) is 8.81. The van der Waals surface area contributed by atoms with Gasteiger partial charge in [-0.1, -0.05) is 36.4 Å². The molecule has 18 heavy (non-hydrogen) atoms. The predicted molar refractivity (Wildman–Crippen MR) is 72.6 cm³/mol. The Hall–Kier alpha value is -1.87. The fourth-order valence-corrected chi connectivity index (χ4v) is 1.80. The molecule has 0 fully saturated rings. The van der Waals surface area contributed by atoms with Gasteiger partial charge in [-0.25, -0.2) is 4.98 Å². The van der Waals surface area contributed by atoms with Crippen molar-refractivity contribution in [3.05, 3.63) is 60.3 Å². The van der Waals surface area contributed by atoms with Gasteiger partial charge in [0, 0.05) is 18.3 Å². The lowest BCUT2D eigenvalue weighted by molar-refractivity contribution is 0.159. The Morgan fingerprint density at radius 1 is 1.06 bits per heavy atom. The highest BCUT2D eigenvalue weighted by molar-refractivity contribution is 5.21. The van der Waals surface area contributed by atoms with E-state index in [1.807, 2.05) is 43.4 Å². The van der Waals surface area contributed by atoms with Gasteiger partial charge >= 0.3 is 0 Å². The Morgan fingerprint density at radius 2 is 1.78 bits per heavy atom. The summed E-state index contributed by atoms with van der Waals surface area (Å²) in [6.07, 6.45) is 1.69. The molecule has 2 atom stereocenters. The monoisotopic (exact) mass is 242 g/mol. The number of nitrogens with zero attached hydrogens (tertiary/aromatic N) is 1. The zero-order chi connectivity index (χ0) is 12.8. The van der Waals surface area contributed by atoms with Gasteiger partial charge in [0.15, 0.2) is 0 Å². The number of rotatable bonds is 5. The maximum absolute atomic E-state index is 5.98. The van der Waals surface area contributed by atoms with Crippen molar-refractivity contribution in [3.8, 4) is 5.88 Å². The second-order valence-electron chi connectivity index (χ2n) is 4.19. The second-order valence-corrected chi connectivity index (χ2v) is 4.19. The Bertz CT molecular complexity index is 458. The number of ether oxygens (including phenoxy) is 1. The molecular formula is C15H18N2O. The van der Waals surface area contributed by atoms with E-state index in [4.69, 9.17) is 4.74 Å². The molecule has 0 bridgehead atoms. The molecule has 3 nitrogen and oxygen atoms in total. The summed E-state index contributed by atoms with van der Waals surface area (Å²) in [5.74, 6) is 0.647. The molecule has 1 aromatic heterocycles. The van der Waals surface area contributed by atoms with Crippen molar-refractivity contribution in [1.29, 1.82) is 0 Å². The summed E-state index contributed by atoms with van der Waals surface area (Å²) >= 11 is 0. The van der Waals surface area contributed by atoms with Crippen LogP contribution in [0.1, 0.15) is 18.6 Å². The van der Waals surface area contributed by atoms with Gasteiger partial charge in [0.2, 0.25) is 5.88 Å². The van der Waals surface area contributed by atoms with Gasteiger partial charge in [-0.3, -0.25) is 0 Å². The number of nitrogens with one attached hydrogen (secondary N) is 1. The maximum atomic E-state index is 5.98. The molecule has 0 spiro atoms. The highest BCUT2D eigenvalue weighted by Crippen LogP contribution is 2.23. The van der Waals surface area contributed by atoms with Crippen molar-refractivity contribution in [1.82, 2.24) is 10.3 Å². The summed E-state index contributed by atoms with van der Waals surface area (Å²) in [5.41, 5.74) is 1.14. The van der Waals surface area contributed by atoms with Crippen LogP contribution in [0.3, 0.4) is 0 Å². The molecule has 0 amide bonds. The van der Waals surface area contributed by atoms with E-state index in [1.54, 1.807) is 6.20 Å². The Morgan fingerprint density at radius 3 is 2.39 bits per heavy atom. The normalized spacial score (nSPS) is 13.9. The fraction of sp³-hybridized carbons (Fsp3) is 0.267. The van der Waals surface area contributed by atoms with Gasteiger partial charge in [-0.2, -0.15) is 0 Å².